The molecule has 4 rings (SSSR count). The second kappa shape index (κ2) is 8.93. The number of sulfonamides is 1. The molecule has 0 bridgehead atoms. The summed E-state index contributed by atoms with van der Waals surface area (Å²) in [6.45, 7) is 0.204. The Balaban J connectivity index is 1.45. The number of halogens is 2. The number of hydrogen-bond donors (Lipinski definition) is 0. The highest BCUT2D eigenvalue weighted by Gasteiger charge is 2.32. The van der Waals surface area contributed by atoms with E-state index in [9.17, 15) is 27.7 Å². The number of carbonyl (C=O) groups excluding carboxylic acids is 1. The average molecular weight is 494 g/mol. The van der Waals surface area contributed by atoms with Crippen LogP contribution in [0.3, 0.4) is 0 Å². The predicted molar refractivity (Wildman–Crippen MR) is 117 cm³/mol. The molecule has 1 fully saturated rings. The molecule has 1 aromatic heterocycles. The van der Waals surface area contributed by atoms with Crippen molar-refractivity contribution in [3.05, 3.63) is 81.3 Å². The number of benzene rings is 2. The van der Waals surface area contributed by atoms with Crippen LogP contribution in [0.15, 0.2) is 63.9 Å². The molecule has 3 aromatic rings. The van der Waals surface area contributed by atoms with E-state index >= 15 is 0 Å². The van der Waals surface area contributed by atoms with Gasteiger partial charge in [-0.15, -0.1) is 0 Å². The number of non-ortho nitro benzene ring substituents is 1. The molecule has 0 N–H and O–H groups in total. The van der Waals surface area contributed by atoms with Gasteiger partial charge in [-0.3, -0.25) is 14.9 Å². The van der Waals surface area contributed by atoms with E-state index in [1.807, 2.05) is 0 Å². The maximum atomic E-state index is 14.0. The van der Waals surface area contributed by atoms with Gasteiger partial charge in [-0.25, -0.2) is 12.8 Å². The van der Waals surface area contributed by atoms with Crippen molar-refractivity contribution in [1.29, 1.82) is 0 Å². The number of piperazine rings is 1. The van der Waals surface area contributed by atoms with E-state index in [0.717, 1.165) is 10.4 Å². The standard InChI is InChI=1S/C21H17ClFN3O6S/c22-16-13-14(26(28)29)5-6-15(16)18-7-8-19(32-18)21(27)24-9-11-25(12-10-24)33(30,31)20-4-2-1-3-17(20)23/h1-8,13H,9-12H2. The van der Waals surface area contributed by atoms with Crippen LogP contribution in [0.25, 0.3) is 11.3 Å². The zero-order valence-electron chi connectivity index (χ0n) is 17.0. The first kappa shape index (κ1) is 22.9. The van der Waals surface area contributed by atoms with Crippen molar-refractivity contribution in [1.82, 2.24) is 9.21 Å². The Labute approximate surface area is 193 Å². The molecule has 1 saturated heterocycles. The monoisotopic (exact) mass is 493 g/mol. The van der Waals surface area contributed by atoms with Crippen LogP contribution < -0.4 is 0 Å². The molecule has 2 heterocycles. The van der Waals surface area contributed by atoms with Crippen LogP contribution in [0.4, 0.5) is 10.1 Å². The lowest BCUT2D eigenvalue weighted by Crippen LogP contribution is -2.50. The van der Waals surface area contributed by atoms with Crippen molar-refractivity contribution in [2.75, 3.05) is 26.2 Å². The Morgan fingerprint density at radius 3 is 2.39 bits per heavy atom. The summed E-state index contributed by atoms with van der Waals surface area (Å²) >= 11 is 6.12. The average Bonchev–Trinajstić information content (AvgIpc) is 3.28. The van der Waals surface area contributed by atoms with Gasteiger partial charge in [-0.1, -0.05) is 23.7 Å². The van der Waals surface area contributed by atoms with E-state index in [-0.39, 0.29) is 48.4 Å². The van der Waals surface area contributed by atoms with Crippen molar-refractivity contribution in [2.24, 2.45) is 0 Å². The topological polar surface area (TPSA) is 114 Å². The third-order valence-corrected chi connectivity index (χ3v) is 7.47. The summed E-state index contributed by atoms with van der Waals surface area (Å²) in [5, 5.41) is 11.0. The number of nitro benzene ring substituents is 1. The number of hydrogen-bond acceptors (Lipinski definition) is 6. The molecule has 0 aliphatic carbocycles. The molecule has 0 spiro atoms. The molecule has 0 unspecified atom stereocenters. The van der Waals surface area contributed by atoms with Crippen molar-refractivity contribution >= 4 is 33.2 Å². The Kier molecular flexibility index (Phi) is 6.19. The number of amides is 1. The van der Waals surface area contributed by atoms with Crippen molar-refractivity contribution in [3.8, 4) is 11.3 Å². The van der Waals surface area contributed by atoms with E-state index in [0.29, 0.717) is 5.56 Å². The van der Waals surface area contributed by atoms with Crippen LogP contribution in [0, 0.1) is 15.9 Å². The highest BCUT2D eigenvalue weighted by Crippen LogP contribution is 2.32. The molecule has 12 heteroatoms. The van der Waals surface area contributed by atoms with Gasteiger partial charge in [0.2, 0.25) is 10.0 Å². The van der Waals surface area contributed by atoms with Gasteiger partial charge in [0, 0.05) is 43.9 Å². The van der Waals surface area contributed by atoms with Crippen LogP contribution >= 0.6 is 11.6 Å². The molecule has 1 aliphatic rings. The first-order valence-corrected chi connectivity index (χ1v) is 11.6. The molecule has 1 amide bonds. The zero-order valence-corrected chi connectivity index (χ0v) is 18.6. The van der Waals surface area contributed by atoms with E-state index in [1.165, 1.54) is 53.4 Å². The van der Waals surface area contributed by atoms with Crippen LogP contribution in [-0.2, 0) is 10.0 Å². The fourth-order valence-electron chi connectivity index (χ4n) is 3.50. The number of carbonyl (C=O) groups is 1. The number of furan rings is 1. The third kappa shape index (κ3) is 4.47. The zero-order chi connectivity index (χ0) is 23.8. The van der Waals surface area contributed by atoms with Gasteiger partial charge in [-0.2, -0.15) is 4.31 Å². The summed E-state index contributed by atoms with van der Waals surface area (Å²) in [7, 11) is -4.02. The summed E-state index contributed by atoms with van der Waals surface area (Å²) < 4.78 is 46.2. The summed E-state index contributed by atoms with van der Waals surface area (Å²) in [6.07, 6.45) is 0. The maximum Gasteiger partial charge on any atom is 0.289 e. The van der Waals surface area contributed by atoms with Crippen LogP contribution in [0.1, 0.15) is 10.6 Å². The minimum Gasteiger partial charge on any atom is -0.451 e. The minimum atomic E-state index is -4.02. The molecule has 172 valence electrons. The lowest BCUT2D eigenvalue weighted by Gasteiger charge is -2.33. The molecule has 2 aromatic carbocycles. The van der Waals surface area contributed by atoms with Gasteiger partial charge in [-0.05, 0) is 30.3 Å². The molecule has 33 heavy (non-hydrogen) atoms. The van der Waals surface area contributed by atoms with Crippen molar-refractivity contribution in [3.63, 3.8) is 0 Å². The molecular formula is C21H17ClFN3O6S. The molecule has 0 atom stereocenters. The molecule has 1 aliphatic heterocycles. The predicted octanol–water partition coefficient (Wildman–Crippen LogP) is 3.79. The molecule has 0 radical (unpaired) electrons. The van der Waals surface area contributed by atoms with Gasteiger partial charge < -0.3 is 9.32 Å². The lowest BCUT2D eigenvalue weighted by atomic mass is 10.1. The molecular weight excluding hydrogens is 477 g/mol. The SMILES string of the molecule is O=C(c1ccc(-c2ccc([N+](=O)[O-])cc2Cl)o1)N1CCN(S(=O)(=O)c2ccccc2F)CC1. The van der Waals surface area contributed by atoms with Gasteiger partial charge in [0.25, 0.3) is 11.6 Å². The summed E-state index contributed by atoms with van der Waals surface area (Å²) in [4.78, 5) is 24.2. The molecule has 0 saturated carbocycles. The lowest BCUT2D eigenvalue weighted by molar-refractivity contribution is -0.384. The summed E-state index contributed by atoms with van der Waals surface area (Å²) in [6, 6.07) is 12.0. The normalized spacial score (nSPS) is 14.9. The van der Waals surface area contributed by atoms with E-state index in [1.54, 1.807) is 0 Å². The van der Waals surface area contributed by atoms with Crippen LogP contribution in [0.5, 0.6) is 0 Å². The van der Waals surface area contributed by atoms with E-state index < -0.39 is 31.6 Å². The maximum absolute atomic E-state index is 14.0. The van der Waals surface area contributed by atoms with Crippen molar-refractivity contribution in [2.45, 2.75) is 4.90 Å². The van der Waals surface area contributed by atoms with Crippen molar-refractivity contribution < 1.29 is 26.9 Å². The first-order chi connectivity index (χ1) is 15.7. The smallest absolute Gasteiger partial charge is 0.289 e. The summed E-state index contributed by atoms with van der Waals surface area (Å²) in [5.74, 6) is -0.991. The van der Waals surface area contributed by atoms with Crippen LogP contribution in [0.2, 0.25) is 5.02 Å². The van der Waals surface area contributed by atoms with Gasteiger partial charge >= 0.3 is 0 Å². The first-order valence-electron chi connectivity index (χ1n) is 9.76. The highest BCUT2D eigenvalue weighted by molar-refractivity contribution is 7.89. The Morgan fingerprint density at radius 2 is 1.76 bits per heavy atom. The largest absolute Gasteiger partial charge is 0.451 e. The highest BCUT2D eigenvalue weighted by atomic mass is 35.5. The number of nitro groups is 1. The Bertz CT molecular complexity index is 1340. The van der Waals surface area contributed by atoms with Gasteiger partial charge in [0.05, 0.1) is 9.95 Å². The minimum absolute atomic E-state index is 0.00412. The number of nitrogens with zero attached hydrogens (tertiary/aromatic N) is 3. The van der Waals surface area contributed by atoms with Gasteiger partial charge in [0.15, 0.2) is 5.76 Å². The van der Waals surface area contributed by atoms with Gasteiger partial charge in [0.1, 0.15) is 16.5 Å². The second-order valence-electron chi connectivity index (χ2n) is 7.21. The second-order valence-corrected chi connectivity index (χ2v) is 9.53. The van der Waals surface area contributed by atoms with E-state index in [4.69, 9.17) is 16.0 Å². The fraction of sp³-hybridized carbons (Fsp3) is 0.190. The Hall–Kier alpha value is -3.28. The fourth-order valence-corrected chi connectivity index (χ4v) is 5.25. The number of rotatable bonds is 5. The quantitative estimate of drug-likeness (QED) is 0.394. The molecule has 9 nitrogen and oxygen atoms in total. The van der Waals surface area contributed by atoms with Crippen LogP contribution in [-0.4, -0.2) is 54.6 Å². The van der Waals surface area contributed by atoms with E-state index in [2.05, 4.69) is 0 Å². The third-order valence-electron chi connectivity index (χ3n) is 5.23. The Morgan fingerprint density at radius 1 is 1.06 bits per heavy atom. The summed E-state index contributed by atoms with van der Waals surface area (Å²) in [5.41, 5.74) is 0.219.